The maximum atomic E-state index is 13.1. The van der Waals surface area contributed by atoms with E-state index in [2.05, 4.69) is 0 Å². The van der Waals surface area contributed by atoms with Gasteiger partial charge < -0.3 is 4.74 Å². The quantitative estimate of drug-likeness (QED) is 0.613. The van der Waals surface area contributed by atoms with Gasteiger partial charge in [0.15, 0.2) is 0 Å². The van der Waals surface area contributed by atoms with E-state index in [-0.39, 0.29) is 12.5 Å². The highest BCUT2D eigenvalue weighted by atomic mass is 19.4. The van der Waals surface area contributed by atoms with Gasteiger partial charge in [-0.1, -0.05) is 20.3 Å². The zero-order chi connectivity index (χ0) is 14.6. The summed E-state index contributed by atoms with van der Waals surface area (Å²) in [4.78, 5) is 11.5. The van der Waals surface area contributed by atoms with Crippen LogP contribution in [-0.4, -0.2) is 12.6 Å². The zero-order valence-electron chi connectivity index (χ0n) is 10.6. The average molecular weight is 278 g/mol. The van der Waals surface area contributed by atoms with E-state index in [1.165, 1.54) is 0 Å². The van der Waals surface area contributed by atoms with Crippen LogP contribution in [0, 0.1) is 11.7 Å². The highest BCUT2D eigenvalue weighted by Crippen LogP contribution is 2.30. The predicted molar refractivity (Wildman–Crippen MR) is 61.1 cm³/mol. The third-order valence-electron chi connectivity index (χ3n) is 2.66. The molecule has 1 unspecified atom stereocenters. The summed E-state index contributed by atoms with van der Waals surface area (Å²) < 4.78 is 55.3. The van der Waals surface area contributed by atoms with Crippen molar-refractivity contribution in [3.05, 3.63) is 35.1 Å². The molecule has 0 heterocycles. The molecule has 0 aliphatic heterocycles. The van der Waals surface area contributed by atoms with Gasteiger partial charge in [-0.05, 0) is 24.1 Å². The summed E-state index contributed by atoms with van der Waals surface area (Å²) in [7, 11) is 0. The Bertz CT molecular complexity index is 454. The van der Waals surface area contributed by atoms with Crippen LogP contribution in [0.5, 0.6) is 0 Å². The average Bonchev–Trinajstić information content (AvgIpc) is 2.33. The molecule has 0 saturated heterocycles. The number of halogens is 4. The van der Waals surface area contributed by atoms with E-state index in [4.69, 9.17) is 4.74 Å². The van der Waals surface area contributed by atoms with Crippen LogP contribution in [0.25, 0.3) is 0 Å². The molecule has 6 heteroatoms. The monoisotopic (exact) mass is 278 g/mol. The first-order valence-electron chi connectivity index (χ1n) is 5.79. The van der Waals surface area contributed by atoms with Gasteiger partial charge in [0.2, 0.25) is 0 Å². The normalized spacial score (nSPS) is 13.2. The molecule has 2 nitrogen and oxygen atoms in total. The van der Waals surface area contributed by atoms with Gasteiger partial charge in [-0.3, -0.25) is 0 Å². The Morgan fingerprint density at radius 3 is 2.47 bits per heavy atom. The summed E-state index contributed by atoms with van der Waals surface area (Å²) >= 11 is 0. The van der Waals surface area contributed by atoms with Gasteiger partial charge in [-0.2, -0.15) is 13.2 Å². The number of benzene rings is 1. The van der Waals surface area contributed by atoms with E-state index in [1.54, 1.807) is 0 Å². The van der Waals surface area contributed by atoms with E-state index >= 15 is 0 Å². The van der Waals surface area contributed by atoms with Crippen LogP contribution in [0.3, 0.4) is 0 Å². The van der Waals surface area contributed by atoms with Crippen LogP contribution in [0.1, 0.15) is 36.2 Å². The van der Waals surface area contributed by atoms with E-state index < -0.39 is 29.1 Å². The summed E-state index contributed by atoms with van der Waals surface area (Å²) in [5, 5.41) is 0. The lowest BCUT2D eigenvalue weighted by atomic mass is 10.1. The Morgan fingerprint density at radius 1 is 1.32 bits per heavy atom. The SMILES string of the molecule is CCC(C)COC(=O)c1cc(F)cc(C(F)(F)F)c1. The lowest BCUT2D eigenvalue weighted by molar-refractivity contribution is -0.137. The molecule has 0 amide bonds. The van der Waals surface area contributed by atoms with Crippen molar-refractivity contribution in [3.63, 3.8) is 0 Å². The Morgan fingerprint density at radius 2 is 1.95 bits per heavy atom. The summed E-state index contributed by atoms with van der Waals surface area (Å²) in [5.41, 5.74) is -1.64. The molecule has 0 radical (unpaired) electrons. The molecule has 0 bridgehead atoms. The van der Waals surface area contributed by atoms with Gasteiger partial charge in [-0.15, -0.1) is 0 Å². The van der Waals surface area contributed by atoms with Gasteiger partial charge >= 0.3 is 12.1 Å². The third kappa shape index (κ3) is 4.54. The minimum atomic E-state index is -4.70. The van der Waals surface area contributed by atoms with Crippen molar-refractivity contribution in [1.29, 1.82) is 0 Å². The van der Waals surface area contributed by atoms with E-state index in [9.17, 15) is 22.4 Å². The van der Waals surface area contributed by atoms with Crippen LogP contribution in [0.2, 0.25) is 0 Å². The fraction of sp³-hybridized carbons (Fsp3) is 0.462. The maximum absolute atomic E-state index is 13.1. The largest absolute Gasteiger partial charge is 0.462 e. The van der Waals surface area contributed by atoms with Gasteiger partial charge in [0, 0.05) is 0 Å². The molecule has 0 N–H and O–H groups in total. The summed E-state index contributed by atoms with van der Waals surface area (Å²) in [5.74, 6) is -1.98. The first kappa shape index (κ1) is 15.5. The van der Waals surface area contributed by atoms with Crippen molar-refractivity contribution in [2.24, 2.45) is 5.92 Å². The molecule has 1 atom stereocenters. The fourth-order valence-electron chi connectivity index (χ4n) is 1.29. The van der Waals surface area contributed by atoms with Crippen molar-refractivity contribution in [1.82, 2.24) is 0 Å². The number of carbonyl (C=O) groups is 1. The minimum Gasteiger partial charge on any atom is -0.462 e. The molecule has 0 aliphatic rings. The Hall–Kier alpha value is -1.59. The molecule has 0 fully saturated rings. The van der Waals surface area contributed by atoms with Crippen LogP contribution in [0.15, 0.2) is 18.2 Å². The second kappa shape index (κ2) is 6.04. The molecule has 1 aromatic carbocycles. The van der Waals surface area contributed by atoms with E-state index in [0.29, 0.717) is 12.1 Å². The van der Waals surface area contributed by atoms with Crippen molar-refractivity contribution < 1.29 is 27.1 Å². The zero-order valence-corrected chi connectivity index (χ0v) is 10.6. The number of rotatable bonds is 4. The number of esters is 1. The van der Waals surface area contributed by atoms with Crippen LogP contribution in [0.4, 0.5) is 17.6 Å². The predicted octanol–water partition coefficient (Wildman–Crippen LogP) is 4.05. The van der Waals surface area contributed by atoms with Gasteiger partial charge in [0.05, 0.1) is 17.7 Å². The second-order valence-corrected chi connectivity index (χ2v) is 4.34. The lowest BCUT2D eigenvalue weighted by Gasteiger charge is -2.11. The smallest absolute Gasteiger partial charge is 0.416 e. The van der Waals surface area contributed by atoms with E-state index in [1.807, 2.05) is 13.8 Å². The molecule has 106 valence electrons. The Labute approximate surface area is 108 Å². The number of hydrogen-bond acceptors (Lipinski definition) is 2. The maximum Gasteiger partial charge on any atom is 0.416 e. The summed E-state index contributed by atoms with van der Waals surface area (Å²) in [6, 6.07) is 1.65. The molecular formula is C13H14F4O2. The van der Waals surface area contributed by atoms with Crippen molar-refractivity contribution >= 4 is 5.97 Å². The van der Waals surface area contributed by atoms with Crippen molar-refractivity contribution in [2.75, 3.05) is 6.61 Å². The Balaban J connectivity index is 2.89. The Kier molecular flexibility index (Phi) is 4.91. The highest BCUT2D eigenvalue weighted by Gasteiger charge is 2.32. The molecule has 19 heavy (non-hydrogen) atoms. The molecule has 1 aromatic rings. The van der Waals surface area contributed by atoms with E-state index in [0.717, 1.165) is 12.5 Å². The van der Waals surface area contributed by atoms with Crippen LogP contribution in [-0.2, 0) is 10.9 Å². The van der Waals surface area contributed by atoms with Crippen molar-refractivity contribution in [3.8, 4) is 0 Å². The molecule has 0 spiro atoms. The molecule has 1 rings (SSSR count). The highest BCUT2D eigenvalue weighted by molar-refractivity contribution is 5.89. The standard InChI is InChI=1S/C13H14F4O2/c1-3-8(2)7-19-12(18)9-4-10(13(15,16)17)6-11(14)5-9/h4-6,8H,3,7H2,1-2H3. The number of carbonyl (C=O) groups excluding carboxylic acids is 1. The van der Waals surface area contributed by atoms with Crippen molar-refractivity contribution in [2.45, 2.75) is 26.4 Å². The molecule has 0 saturated carbocycles. The summed E-state index contributed by atoms with van der Waals surface area (Å²) in [6.07, 6.45) is -3.93. The number of alkyl halides is 3. The second-order valence-electron chi connectivity index (χ2n) is 4.34. The third-order valence-corrected chi connectivity index (χ3v) is 2.66. The topological polar surface area (TPSA) is 26.3 Å². The molecular weight excluding hydrogens is 264 g/mol. The fourth-order valence-corrected chi connectivity index (χ4v) is 1.29. The number of hydrogen-bond donors (Lipinski definition) is 0. The van der Waals surface area contributed by atoms with Crippen LogP contribution < -0.4 is 0 Å². The summed E-state index contributed by atoms with van der Waals surface area (Å²) in [6.45, 7) is 3.82. The van der Waals surface area contributed by atoms with Gasteiger partial charge in [-0.25, -0.2) is 9.18 Å². The van der Waals surface area contributed by atoms with Crippen LogP contribution >= 0.6 is 0 Å². The first-order valence-corrected chi connectivity index (χ1v) is 5.79. The van der Waals surface area contributed by atoms with Gasteiger partial charge in [0.1, 0.15) is 5.82 Å². The molecule has 0 aliphatic carbocycles. The molecule has 0 aromatic heterocycles. The van der Waals surface area contributed by atoms with Gasteiger partial charge in [0.25, 0.3) is 0 Å². The number of ether oxygens (including phenoxy) is 1. The minimum absolute atomic E-state index is 0.0905. The lowest BCUT2D eigenvalue weighted by Crippen LogP contribution is -2.13. The first-order chi connectivity index (χ1) is 8.74.